The molecule has 2 heterocycles. The van der Waals surface area contributed by atoms with E-state index < -0.39 is 0 Å². The summed E-state index contributed by atoms with van der Waals surface area (Å²) < 4.78 is 2.28. The number of oxime groups is 1. The average molecular weight is 399 g/mol. The number of fused-ring (bicyclic) bond motifs is 1. The van der Waals surface area contributed by atoms with Gasteiger partial charge in [0.1, 0.15) is 18.5 Å². The highest BCUT2D eigenvalue weighted by atomic mass is 35.5. The number of halogens is 1. The van der Waals surface area contributed by atoms with Gasteiger partial charge in [-0.2, -0.15) is 0 Å². The van der Waals surface area contributed by atoms with Gasteiger partial charge in [-0.25, -0.2) is 9.97 Å². The Morgan fingerprint density at radius 1 is 1.25 bits per heavy atom. The maximum Gasteiger partial charge on any atom is 0.160 e. The third-order valence-electron chi connectivity index (χ3n) is 5.02. The van der Waals surface area contributed by atoms with Crippen molar-refractivity contribution >= 4 is 28.5 Å². The van der Waals surface area contributed by atoms with Crippen LogP contribution in [-0.2, 0) is 11.3 Å². The Hall–Kier alpha value is -2.40. The van der Waals surface area contributed by atoms with Crippen LogP contribution in [-0.4, -0.2) is 27.4 Å². The number of hydrogen-bond donors (Lipinski definition) is 0. The van der Waals surface area contributed by atoms with Crippen LogP contribution in [0.3, 0.4) is 0 Å². The molecule has 0 amide bonds. The van der Waals surface area contributed by atoms with Gasteiger partial charge in [-0.1, -0.05) is 49.2 Å². The Labute approximate surface area is 171 Å². The normalized spacial score (nSPS) is 13.1. The van der Waals surface area contributed by atoms with Crippen molar-refractivity contribution in [3.8, 4) is 11.1 Å². The predicted octanol–water partition coefficient (Wildman–Crippen LogP) is 6.05. The van der Waals surface area contributed by atoms with E-state index in [1.165, 1.54) is 7.11 Å². The van der Waals surface area contributed by atoms with Gasteiger partial charge < -0.3 is 9.40 Å². The molecule has 1 aromatic carbocycles. The molecule has 0 spiro atoms. The fourth-order valence-corrected chi connectivity index (χ4v) is 3.94. The molecule has 28 heavy (non-hydrogen) atoms. The second-order valence-corrected chi connectivity index (χ2v) is 7.38. The molecule has 0 fully saturated rings. The maximum absolute atomic E-state index is 6.65. The standard InChI is InChI=1S/C22H27ClN4O/c1-6-8-14(3)27-20(7-2)25-21-18(11-12-24-22(21)27)17-10-9-16(13-19(17)23)15(4)26-28-5/h9-14H,6-8H2,1-5H3/b26-15-. The number of nitrogens with zero attached hydrogens (tertiary/aromatic N) is 4. The summed E-state index contributed by atoms with van der Waals surface area (Å²) in [6, 6.07) is 8.28. The summed E-state index contributed by atoms with van der Waals surface area (Å²) in [7, 11) is 1.54. The molecule has 3 rings (SSSR count). The first kappa shape index (κ1) is 20.3. The first-order chi connectivity index (χ1) is 13.5. The van der Waals surface area contributed by atoms with Gasteiger partial charge in [0.05, 0.1) is 5.71 Å². The largest absolute Gasteiger partial charge is 0.399 e. The molecule has 3 aromatic rings. The summed E-state index contributed by atoms with van der Waals surface area (Å²) in [6.07, 6.45) is 4.93. The summed E-state index contributed by atoms with van der Waals surface area (Å²) in [4.78, 5) is 14.5. The van der Waals surface area contributed by atoms with Crippen LogP contribution in [0, 0.1) is 0 Å². The second-order valence-electron chi connectivity index (χ2n) is 6.97. The molecule has 1 atom stereocenters. The minimum atomic E-state index is 0.360. The number of hydrogen-bond acceptors (Lipinski definition) is 4. The van der Waals surface area contributed by atoms with E-state index in [-0.39, 0.29) is 0 Å². The molecular formula is C22H27ClN4O. The zero-order chi connectivity index (χ0) is 20.3. The molecule has 0 N–H and O–H groups in total. The number of pyridine rings is 1. The van der Waals surface area contributed by atoms with Crippen molar-refractivity contribution in [2.24, 2.45) is 5.16 Å². The van der Waals surface area contributed by atoms with E-state index in [2.05, 4.69) is 35.5 Å². The van der Waals surface area contributed by atoms with E-state index in [9.17, 15) is 0 Å². The molecule has 0 aliphatic heterocycles. The SMILES string of the molecule is CCCC(C)n1c(CC)nc2c(-c3ccc(/C(C)=N\OC)cc3Cl)ccnc21. The third-order valence-corrected chi connectivity index (χ3v) is 5.33. The second kappa shape index (κ2) is 8.74. The molecule has 0 bridgehead atoms. The van der Waals surface area contributed by atoms with E-state index in [1.54, 1.807) is 0 Å². The van der Waals surface area contributed by atoms with Gasteiger partial charge in [-0.3, -0.25) is 0 Å². The van der Waals surface area contributed by atoms with E-state index in [0.717, 1.165) is 58.7 Å². The van der Waals surface area contributed by atoms with Crippen LogP contribution in [0.25, 0.3) is 22.3 Å². The van der Waals surface area contributed by atoms with Gasteiger partial charge in [0.25, 0.3) is 0 Å². The van der Waals surface area contributed by atoms with Gasteiger partial charge in [-0.15, -0.1) is 0 Å². The Balaban J connectivity index is 2.16. The number of benzene rings is 1. The molecule has 0 radical (unpaired) electrons. The zero-order valence-corrected chi connectivity index (χ0v) is 17.9. The van der Waals surface area contributed by atoms with Gasteiger partial charge in [0.15, 0.2) is 5.65 Å². The molecule has 0 aliphatic rings. The van der Waals surface area contributed by atoms with Crippen molar-refractivity contribution in [1.29, 1.82) is 0 Å². The molecular weight excluding hydrogens is 372 g/mol. The molecule has 6 heteroatoms. The fraction of sp³-hybridized carbons (Fsp3) is 0.409. The summed E-state index contributed by atoms with van der Waals surface area (Å²) in [5.41, 5.74) is 5.48. The van der Waals surface area contributed by atoms with Gasteiger partial charge in [0, 0.05) is 40.4 Å². The first-order valence-electron chi connectivity index (χ1n) is 9.75. The molecule has 0 aliphatic carbocycles. The minimum absolute atomic E-state index is 0.360. The Bertz CT molecular complexity index is 1010. The lowest BCUT2D eigenvalue weighted by Gasteiger charge is -2.15. The lowest BCUT2D eigenvalue weighted by Crippen LogP contribution is -2.09. The van der Waals surface area contributed by atoms with Crippen LogP contribution >= 0.6 is 11.6 Å². The topological polar surface area (TPSA) is 52.3 Å². The summed E-state index contributed by atoms with van der Waals surface area (Å²) in [5.74, 6) is 1.06. The van der Waals surface area contributed by atoms with Crippen molar-refractivity contribution in [3.63, 3.8) is 0 Å². The number of aryl methyl sites for hydroxylation is 1. The predicted molar refractivity (Wildman–Crippen MR) is 116 cm³/mol. The van der Waals surface area contributed by atoms with Gasteiger partial charge in [0.2, 0.25) is 0 Å². The molecule has 5 nitrogen and oxygen atoms in total. The average Bonchev–Trinajstić information content (AvgIpc) is 3.07. The lowest BCUT2D eigenvalue weighted by atomic mass is 10.0. The maximum atomic E-state index is 6.65. The van der Waals surface area contributed by atoms with E-state index in [4.69, 9.17) is 21.4 Å². The first-order valence-corrected chi connectivity index (χ1v) is 10.1. The fourth-order valence-electron chi connectivity index (χ4n) is 3.66. The minimum Gasteiger partial charge on any atom is -0.399 e. The molecule has 148 valence electrons. The number of aromatic nitrogens is 3. The van der Waals surface area contributed by atoms with Crippen molar-refractivity contribution in [2.75, 3.05) is 7.11 Å². The number of rotatable bonds is 7. The van der Waals surface area contributed by atoms with Crippen LogP contribution < -0.4 is 0 Å². The van der Waals surface area contributed by atoms with Crippen molar-refractivity contribution in [2.45, 2.75) is 53.0 Å². The summed E-state index contributed by atoms with van der Waals surface area (Å²) in [5, 5.41) is 4.64. The highest BCUT2D eigenvalue weighted by molar-refractivity contribution is 6.34. The smallest absolute Gasteiger partial charge is 0.160 e. The monoisotopic (exact) mass is 398 g/mol. The van der Waals surface area contributed by atoms with Crippen LogP contribution in [0.2, 0.25) is 5.02 Å². The van der Waals surface area contributed by atoms with Gasteiger partial charge >= 0.3 is 0 Å². The molecule has 2 aromatic heterocycles. The Morgan fingerprint density at radius 3 is 2.68 bits per heavy atom. The van der Waals surface area contributed by atoms with Crippen LogP contribution in [0.5, 0.6) is 0 Å². The molecule has 1 unspecified atom stereocenters. The van der Waals surface area contributed by atoms with Crippen LogP contribution in [0.1, 0.15) is 58.0 Å². The van der Waals surface area contributed by atoms with Crippen LogP contribution in [0.4, 0.5) is 0 Å². The quantitative estimate of drug-likeness (QED) is 0.359. The summed E-state index contributed by atoms with van der Waals surface area (Å²) in [6.45, 7) is 8.47. The zero-order valence-electron chi connectivity index (χ0n) is 17.2. The third kappa shape index (κ3) is 3.76. The van der Waals surface area contributed by atoms with E-state index in [0.29, 0.717) is 11.1 Å². The number of imidazole rings is 1. The Morgan fingerprint density at radius 2 is 2.04 bits per heavy atom. The Kier molecular flexibility index (Phi) is 6.35. The van der Waals surface area contributed by atoms with Crippen molar-refractivity contribution in [1.82, 2.24) is 14.5 Å². The van der Waals surface area contributed by atoms with Crippen molar-refractivity contribution < 1.29 is 4.84 Å². The summed E-state index contributed by atoms with van der Waals surface area (Å²) >= 11 is 6.65. The van der Waals surface area contributed by atoms with Gasteiger partial charge in [-0.05, 0) is 32.4 Å². The lowest BCUT2D eigenvalue weighted by molar-refractivity contribution is 0.213. The van der Waals surface area contributed by atoms with Crippen LogP contribution in [0.15, 0.2) is 35.6 Å². The van der Waals surface area contributed by atoms with Crippen molar-refractivity contribution in [3.05, 3.63) is 46.9 Å². The highest BCUT2D eigenvalue weighted by Crippen LogP contribution is 2.35. The highest BCUT2D eigenvalue weighted by Gasteiger charge is 2.19. The van der Waals surface area contributed by atoms with E-state index >= 15 is 0 Å². The van der Waals surface area contributed by atoms with E-state index in [1.807, 2.05) is 37.4 Å². The molecule has 0 saturated heterocycles. The molecule has 0 saturated carbocycles.